The summed E-state index contributed by atoms with van der Waals surface area (Å²) in [5.41, 5.74) is 7.26. The van der Waals surface area contributed by atoms with Crippen molar-refractivity contribution >= 4 is 11.8 Å². The highest BCUT2D eigenvalue weighted by Crippen LogP contribution is 2.28. The van der Waals surface area contributed by atoms with Crippen molar-refractivity contribution in [1.82, 2.24) is 20.0 Å². The summed E-state index contributed by atoms with van der Waals surface area (Å²) >= 11 is 0. The number of aryl methyl sites for hydroxylation is 3. The van der Waals surface area contributed by atoms with E-state index in [0.717, 1.165) is 22.4 Å². The Bertz CT molecular complexity index is 1140. The molecule has 1 saturated heterocycles. The van der Waals surface area contributed by atoms with Crippen molar-refractivity contribution in [2.24, 2.45) is 13.0 Å². The molecule has 6 nitrogen and oxygen atoms in total. The zero-order chi connectivity index (χ0) is 22.8. The molecule has 0 aliphatic carbocycles. The van der Waals surface area contributed by atoms with E-state index in [1.807, 2.05) is 26.1 Å². The molecular formula is C26H30N4O2. The predicted octanol–water partition coefficient (Wildman–Crippen LogP) is 3.44. The summed E-state index contributed by atoms with van der Waals surface area (Å²) < 4.78 is 1.70. The maximum atomic E-state index is 13.2. The van der Waals surface area contributed by atoms with Crippen LogP contribution in [0.25, 0.3) is 11.1 Å². The Balaban J connectivity index is 1.61. The number of carbonyl (C=O) groups excluding carboxylic acids is 2. The molecular weight excluding hydrogens is 400 g/mol. The van der Waals surface area contributed by atoms with E-state index in [4.69, 9.17) is 0 Å². The molecule has 0 spiro atoms. The molecule has 3 aromatic rings. The van der Waals surface area contributed by atoms with Crippen LogP contribution in [0.5, 0.6) is 0 Å². The number of hydrogen-bond acceptors (Lipinski definition) is 3. The summed E-state index contributed by atoms with van der Waals surface area (Å²) in [7, 11) is 1.83. The van der Waals surface area contributed by atoms with Gasteiger partial charge in [-0.1, -0.05) is 53.6 Å². The molecule has 0 unspecified atom stereocenters. The van der Waals surface area contributed by atoms with Gasteiger partial charge in [0.25, 0.3) is 5.91 Å². The van der Waals surface area contributed by atoms with Gasteiger partial charge in [-0.25, -0.2) is 0 Å². The normalized spacial score (nSPS) is 16.6. The van der Waals surface area contributed by atoms with Crippen molar-refractivity contribution in [2.45, 2.75) is 27.2 Å². The number of amides is 2. The third-order valence-electron chi connectivity index (χ3n) is 6.26. The van der Waals surface area contributed by atoms with E-state index in [0.29, 0.717) is 31.6 Å². The lowest BCUT2D eigenvalue weighted by molar-refractivity contribution is -0.124. The molecule has 1 aromatic heterocycles. The maximum absolute atomic E-state index is 13.2. The summed E-state index contributed by atoms with van der Waals surface area (Å²) in [5.74, 6) is -0.386. The minimum atomic E-state index is -0.314. The van der Waals surface area contributed by atoms with Gasteiger partial charge < -0.3 is 10.2 Å². The van der Waals surface area contributed by atoms with Crippen LogP contribution in [0.15, 0.2) is 48.7 Å². The summed E-state index contributed by atoms with van der Waals surface area (Å²) in [6.07, 6.45) is 2.19. The van der Waals surface area contributed by atoms with Gasteiger partial charge in [-0.2, -0.15) is 5.10 Å². The largest absolute Gasteiger partial charge is 0.354 e. The van der Waals surface area contributed by atoms with Crippen LogP contribution in [0.3, 0.4) is 0 Å². The van der Waals surface area contributed by atoms with Gasteiger partial charge in [-0.05, 0) is 43.9 Å². The fraction of sp³-hybridized carbons (Fsp3) is 0.346. The van der Waals surface area contributed by atoms with E-state index in [1.54, 1.807) is 15.8 Å². The minimum absolute atomic E-state index is 0.00145. The number of aromatic nitrogens is 2. The second-order valence-electron chi connectivity index (χ2n) is 8.74. The van der Waals surface area contributed by atoms with Gasteiger partial charge in [0.15, 0.2) is 0 Å². The smallest absolute Gasteiger partial charge is 0.257 e. The van der Waals surface area contributed by atoms with Gasteiger partial charge in [0.05, 0.1) is 17.7 Å². The van der Waals surface area contributed by atoms with Crippen LogP contribution in [-0.4, -0.2) is 46.1 Å². The van der Waals surface area contributed by atoms with Gasteiger partial charge in [0.2, 0.25) is 5.91 Å². The number of benzene rings is 2. The molecule has 1 atom stereocenters. The van der Waals surface area contributed by atoms with E-state index in [2.05, 4.69) is 54.6 Å². The lowest BCUT2D eigenvalue weighted by atomic mass is 9.90. The Morgan fingerprint density at radius 3 is 2.53 bits per heavy atom. The third kappa shape index (κ3) is 4.44. The first-order valence-electron chi connectivity index (χ1n) is 11.1. The summed E-state index contributed by atoms with van der Waals surface area (Å²) in [5, 5.41) is 7.20. The molecule has 0 bridgehead atoms. The van der Waals surface area contributed by atoms with Crippen LogP contribution < -0.4 is 5.32 Å². The van der Waals surface area contributed by atoms with Crippen LogP contribution in [0.2, 0.25) is 0 Å². The minimum Gasteiger partial charge on any atom is -0.354 e. The topological polar surface area (TPSA) is 67.2 Å². The van der Waals surface area contributed by atoms with E-state index < -0.39 is 0 Å². The summed E-state index contributed by atoms with van der Waals surface area (Å²) in [6, 6.07) is 14.8. The lowest BCUT2D eigenvalue weighted by Gasteiger charge is -2.24. The monoisotopic (exact) mass is 430 g/mol. The molecule has 0 saturated carbocycles. The van der Waals surface area contributed by atoms with Gasteiger partial charge in [-0.3, -0.25) is 14.3 Å². The van der Waals surface area contributed by atoms with E-state index in [-0.39, 0.29) is 17.7 Å². The zero-order valence-electron chi connectivity index (χ0n) is 19.2. The number of carbonyl (C=O) groups is 2. The molecule has 1 N–H and O–H groups in total. The van der Waals surface area contributed by atoms with E-state index >= 15 is 0 Å². The Labute approximate surface area is 189 Å². The second kappa shape index (κ2) is 8.99. The molecule has 0 radical (unpaired) electrons. The molecule has 4 rings (SSSR count). The fourth-order valence-corrected chi connectivity index (χ4v) is 4.49. The molecule has 2 amide bonds. The molecule has 1 fully saturated rings. The van der Waals surface area contributed by atoms with Crippen LogP contribution in [0.1, 0.15) is 32.7 Å². The summed E-state index contributed by atoms with van der Waals surface area (Å²) in [4.78, 5) is 27.9. The van der Waals surface area contributed by atoms with Gasteiger partial charge in [0.1, 0.15) is 0 Å². The number of rotatable bonds is 4. The predicted molar refractivity (Wildman–Crippen MR) is 125 cm³/mol. The Morgan fingerprint density at radius 2 is 1.84 bits per heavy atom. The first kappa shape index (κ1) is 21.8. The highest BCUT2D eigenvalue weighted by atomic mass is 16.2. The SMILES string of the molecule is Cc1cc(C)cc(-c2ccccc2C[C@H]2CN(C(=O)c3cnn(C)c3C)CCNC2=O)c1. The lowest BCUT2D eigenvalue weighted by Crippen LogP contribution is -2.37. The molecule has 6 heteroatoms. The Kier molecular flexibility index (Phi) is 6.12. The highest BCUT2D eigenvalue weighted by molar-refractivity contribution is 5.95. The van der Waals surface area contributed by atoms with Crippen LogP contribution in [-0.2, 0) is 18.3 Å². The van der Waals surface area contributed by atoms with Crippen molar-refractivity contribution in [3.63, 3.8) is 0 Å². The van der Waals surface area contributed by atoms with Crippen molar-refractivity contribution in [2.75, 3.05) is 19.6 Å². The number of hydrogen-bond donors (Lipinski definition) is 1. The van der Waals surface area contributed by atoms with Crippen LogP contribution in [0, 0.1) is 26.7 Å². The first-order chi connectivity index (χ1) is 15.3. The fourth-order valence-electron chi connectivity index (χ4n) is 4.49. The van der Waals surface area contributed by atoms with Crippen molar-refractivity contribution < 1.29 is 9.59 Å². The van der Waals surface area contributed by atoms with E-state index in [1.165, 1.54) is 11.1 Å². The quantitative estimate of drug-likeness (QED) is 0.690. The second-order valence-corrected chi connectivity index (χ2v) is 8.74. The average molecular weight is 431 g/mol. The highest BCUT2D eigenvalue weighted by Gasteiger charge is 2.30. The maximum Gasteiger partial charge on any atom is 0.257 e. The first-order valence-corrected chi connectivity index (χ1v) is 11.1. The molecule has 1 aliphatic rings. The van der Waals surface area contributed by atoms with Gasteiger partial charge >= 0.3 is 0 Å². The third-order valence-corrected chi connectivity index (χ3v) is 6.26. The average Bonchev–Trinajstić information content (AvgIpc) is 2.98. The summed E-state index contributed by atoms with van der Waals surface area (Å²) in [6.45, 7) is 7.43. The van der Waals surface area contributed by atoms with E-state index in [9.17, 15) is 9.59 Å². The molecule has 32 heavy (non-hydrogen) atoms. The molecule has 166 valence electrons. The van der Waals surface area contributed by atoms with Crippen LogP contribution >= 0.6 is 0 Å². The molecule has 2 heterocycles. The zero-order valence-corrected chi connectivity index (χ0v) is 19.2. The standard InChI is InChI=1S/C26H30N4O2/c1-17-11-18(2)13-21(12-17)23-8-6-5-7-20(23)14-22-16-30(10-9-27-25(22)31)26(32)24-15-28-29(4)19(24)3/h5-8,11-13,15,22H,9-10,14,16H2,1-4H3,(H,27,31)/t22-/m0/s1. The Morgan fingerprint density at radius 1 is 1.12 bits per heavy atom. The van der Waals surface area contributed by atoms with Crippen molar-refractivity contribution in [3.8, 4) is 11.1 Å². The van der Waals surface area contributed by atoms with Gasteiger partial charge in [-0.15, -0.1) is 0 Å². The molecule has 1 aliphatic heterocycles. The van der Waals surface area contributed by atoms with Crippen molar-refractivity contribution in [3.05, 3.63) is 76.6 Å². The number of nitrogens with one attached hydrogen (secondary N) is 1. The van der Waals surface area contributed by atoms with Gasteiger partial charge in [0, 0.05) is 32.4 Å². The van der Waals surface area contributed by atoms with Crippen molar-refractivity contribution in [1.29, 1.82) is 0 Å². The number of nitrogens with zero attached hydrogens (tertiary/aromatic N) is 3. The molecule has 2 aromatic carbocycles. The van der Waals surface area contributed by atoms with Crippen LogP contribution in [0.4, 0.5) is 0 Å². The Hall–Kier alpha value is -3.41.